The van der Waals surface area contributed by atoms with Crippen molar-refractivity contribution < 1.29 is 5.11 Å². The summed E-state index contributed by atoms with van der Waals surface area (Å²) in [6.45, 7) is 6.19. The molecule has 0 bridgehead atoms. The minimum absolute atomic E-state index is 0.412. The molecule has 0 spiro atoms. The Kier molecular flexibility index (Phi) is 4.64. The van der Waals surface area contributed by atoms with Crippen LogP contribution < -0.4 is 10.2 Å². The van der Waals surface area contributed by atoms with Crippen molar-refractivity contribution in [1.82, 2.24) is 5.32 Å². The zero-order chi connectivity index (χ0) is 15.4. The van der Waals surface area contributed by atoms with E-state index in [0.717, 1.165) is 44.6 Å². The number of anilines is 1. The van der Waals surface area contributed by atoms with Crippen LogP contribution in [0.15, 0.2) is 42.5 Å². The molecule has 1 heterocycles. The first kappa shape index (κ1) is 14.9. The molecule has 1 aliphatic heterocycles. The second-order valence-corrected chi connectivity index (χ2v) is 5.82. The predicted octanol–water partition coefficient (Wildman–Crippen LogP) is 2.96. The van der Waals surface area contributed by atoms with Gasteiger partial charge in [0.25, 0.3) is 0 Å². The number of aromatic hydroxyl groups is 1. The van der Waals surface area contributed by atoms with Crippen molar-refractivity contribution in [3.63, 3.8) is 0 Å². The van der Waals surface area contributed by atoms with E-state index in [0.29, 0.717) is 5.75 Å². The van der Waals surface area contributed by atoms with Gasteiger partial charge in [0.05, 0.1) is 0 Å². The van der Waals surface area contributed by atoms with E-state index >= 15 is 0 Å². The van der Waals surface area contributed by atoms with Crippen molar-refractivity contribution in [2.75, 3.05) is 31.1 Å². The van der Waals surface area contributed by atoms with Crippen molar-refractivity contribution in [2.24, 2.45) is 0 Å². The molecule has 116 valence electrons. The third-order valence-electron chi connectivity index (χ3n) is 4.38. The van der Waals surface area contributed by atoms with Crippen LogP contribution in [0.5, 0.6) is 5.75 Å². The van der Waals surface area contributed by atoms with Gasteiger partial charge in [-0.2, -0.15) is 0 Å². The Hall–Kier alpha value is -2.00. The third-order valence-corrected chi connectivity index (χ3v) is 4.38. The minimum atomic E-state index is 0.412. The minimum Gasteiger partial charge on any atom is -0.508 e. The summed E-state index contributed by atoms with van der Waals surface area (Å²) in [6.07, 6.45) is 1.76. The number of hydrogen-bond donors (Lipinski definition) is 2. The van der Waals surface area contributed by atoms with Gasteiger partial charge in [-0.15, -0.1) is 0 Å². The van der Waals surface area contributed by atoms with E-state index < -0.39 is 0 Å². The van der Waals surface area contributed by atoms with Gasteiger partial charge in [0.2, 0.25) is 0 Å². The lowest BCUT2D eigenvalue weighted by molar-refractivity contribution is 0.468. The third kappa shape index (κ3) is 3.09. The highest BCUT2D eigenvalue weighted by atomic mass is 16.3. The SMILES string of the molecule is CCc1ccc(O)c(Cc2ccccc2)c1N1CCNCC1. The summed E-state index contributed by atoms with van der Waals surface area (Å²) in [6, 6.07) is 14.3. The molecule has 0 atom stereocenters. The summed E-state index contributed by atoms with van der Waals surface area (Å²) in [7, 11) is 0. The van der Waals surface area contributed by atoms with Gasteiger partial charge in [0, 0.05) is 43.9 Å². The maximum Gasteiger partial charge on any atom is 0.121 e. The van der Waals surface area contributed by atoms with Crippen molar-refractivity contribution in [2.45, 2.75) is 19.8 Å². The van der Waals surface area contributed by atoms with Crippen molar-refractivity contribution in [3.8, 4) is 5.75 Å². The van der Waals surface area contributed by atoms with E-state index in [4.69, 9.17) is 0 Å². The second-order valence-electron chi connectivity index (χ2n) is 5.82. The number of benzene rings is 2. The van der Waals surface area contributed by atoms with Gasteiger partial charge in [-0.3, -0.25) is 0 Å². The van der Waals surface area contributed by atoms with Gasteiger partial charge in [0.15, 0.2) is 0 Å². The van der Waals surface area contributed by atoms with Gasteiger partial charge in [0.1, 0.15) is 5.75 Å². The Morgan fingerprint density at radius 2 is 1.77 bits per heavy atom. The largest absolute Gasteiger partial charge is 0.508 e. The number of rotatable bonds is 4. The lowest BCUT2D eigenvalue weighted by Gasteiger charge is -2.33. The number of nitrogens with zero attached hydrogens (tertiary/aromatic N) is 1. The molecule has 1 fully saturated rings. The van der Waals surface area contributed by atoms with E-state index in [1.165, 1.54) is 16.8 Å². The Balaban J connectivity index is 2.02. The standard InChI is InChI=1S/C19H24N2O/c1-2-16-8-9-18(22)17(14-15-6-4-3-5-7-15)19(16)21-12-10-20-11-13-21/h3-9,20,22H,2,10-14H2,1H3. The topological polar surface area (TPSA) is 35.5 Å². The molecule has 2 aromatic carbocycles. The van der Waals surface area contributed by atoms with E-state index in [1.54, 1.807) is 0 Å². The number of piperazine rings is 1. The zero-order valence-electron chi connectivity index (χ0n) is 13.2. The van der Waals surface area contributed by atoms with Crippen LogP contribution in [0.1, 0.15) is 23.6 Å². The van der Waals surface area contributed by atoms with Gasteiger partial charge in [-0.25, -0.2) is 0 Å². The van der Waals surface area contributed by atoms with Crippen LogP contribution in [0.4, 0.5) is 5.69 Å². The van der Waals surface area contributed by atoms with Crippen molar-refractivity contribution in [3.05, 3.63) is 59.2 Å². The van der Waals surface area contributed by atoms with Gasteiger partial charge < -0.3 is 15.3 Å². The van der Waals surface area contributed by atoms with Crippen LogP contribution in [0.2, 0.25) is 0 Å². The van der Waals surface area contributed by atoms with Crippen LogP contribution >= 0.6 is 0 Å². The molecule has 22 heavy (non-hydrogen) atoms. The van der Waals surface area contributed by atoms with E-state index in [1.807, 2.05) is 12.1 Å². The normalized spacial score (nSPS) is 15.0. The molecule has 1 aliphatic rings. The van der Waals surface area contributed by atoms with E-state index in [9.17, 15) is 5.11 Å². The Morgan fingerprint density at radius 3 is 2.45 bits per heavy atom. The van der Waals surface area contributed by atoms with Crippen LogP contribution in [0, 0.1) is 0 Å². The molecule has 2 aromatic rings. The Labute approximate surface area is 132 Å². The molecule has 3 rings (SSSR count). The molecule has 0 radical (unpaired) electrons. The van der Waals surface area contributed by atoms with Crippen LogP contribution in [-0.4, -0.2) is 31.3 Å². The molecule has 3 nitrogen and oxygen atoms in total. The first-order valence-corrected chi connectivity index (χ1v) is 8.13. The fourth-order valence-corrected chi connectivity index (χ4v) is 3.22. The first-order chi connectivity index (χ1) is 10.8. The highest BCUT2D eigenvalue weighted by Gasteiger charge is 2.20. The molecule has 3 heteroatoms. The summed E-state index contributed by atoms with van der Waals surface area (Å²) < 4.78 is 0. The molecular formula is C19H24N2O. The summed E-state index contributed by atoms with van der Waals surface area (Å²) >= 11 is 0. The van der Waals surface area contributed by atoms with Gasteiger partial charge in [-0.05, 0) is 23.6 Å². The van der Waals surface area contributed by atoms with Crippen LogP contribution in [-0.2, 0) is 12.8 Å². The first-order valence-electron chi connectivity index (χ1n) is 8.13. The average Bonchev–Trinajstić information content (AvgIpc) is 2.58. The molecule has 0 aliphatic carbocycles. The molecule has 0 aromatic heterocycles. The van der Waals surface area contributed by atoms with E-state index in [-0.39, 0.29) is 0 Å². The quantitative estimate of drug-likeness (QED) is 0.910. The van der Waals surface area contributed by atoms with Crippen LogP contribution in [0.25, 0.3) is 0 Å². The summed E-state index contributed by atoms with van der Waals surface area (Å²) in [5, 5.41) is 13.9. The summed E-state index contributed by atoms with van der Waals surface area (Å²) in [4.78, 5) is 2.42. The summed E-state index contributed by atoms with van der Waals surface area (Å²) in [5.74, 6) is 0.412. The highest BCUT2D eigenvalue weighted by Crippen LogP contribution is 2.35. The molecule has 2 N–H and O–H groups in total. The maximum atomic E-state index is 10.5. The fourth-order valence-electron chi connectivity index (χ4n) is 3.22. The second kappa shape index (κ2) is 6.84. The van der Waals surface area contributed by atoms with Crippen LogP contribution in [0.3, 0.4) is 0 Å². The highest BCUT2D eigenvalue weighted by molar-refractivity contribution is 5.65. The number of nitrogens with one attached hydrogen (secondary N) is 1. The molecular weight excluding hydrogens is 272 g/mol. The monoisotopic (exact) mass is 296 g/mol. The lowest BCUT2D eigenvalue weighted by atomic mass is 9.96. The number of aryl methyl sites for hydroxylation is 1. The Morgan fingerprint density at radius 1 is 1.05 bits per heavy atom. The molecule has 0 amide bonds. The molecule has 0 unspecified atom stereocenters. The number of phenolic OH excluding ortho intramolecular Hbond substituents is 1. The molecule has 1 saturated heterocycles. The lowest BCUT2D eigenvalue weighted by Crippen LogP contribution is -2.44. The van der Waals surface area contributed by atoms with E-state index in [2.05, 4.69) is 47.5 Å². The van der Waals surface area contributed by atoms with Gasteiger partial charge in [-0.1, -0.05) is 43.3 Å². The predicted molar refractivity (Wildman–Crippen MR) is 91.8 cm³/mol. The van der Waals surface area contributed by atoms with Crippen molar-refractivity contribution in [1.29, 1.82) is 0 Å². The number of phenols is 1. The van der Waals surface area contributed by atoms with Crippen molar-refractivity contribution >= 4 is 5.69 Å². The average molecular weight is 296 g/mol. The smallest absolute Gasteiger partial charge is 0.121 e. The zero-order valence-corrected chi connectivity index (χ0v) is 13.2. The van der Waals surface area contributed by atoms with Gasteiger partial charge >= 0.3 is 0 Å². The maximum absolute atomic E-state index is 10.5. The number of hydrogen-bond acceptors (Lipinski definition) is 3. The Bertz CT molecular complexity index is 619. The molecule has 0 saturated carbocycles. The fraction of sp³-hybridized carbons (Fsp3) is 0.368. The summed E-state index contributed by atoms with van der Waals surface area (Å²) in [5.41, 5.74) is 4.87.